The molecule has 3 rings (SSSR count). The third kappa shape index (κ3) is 5.23. The quantitative estimate of drug-likeness (QED) is 0.423. The molecule has 9 nitrogen and oxygen atoms in total. The number of aryl methyl sites for hydroxylation is 1. The maximum Gasteiger partial charge on any atom is 0.411 e. The molecule has 1 aromatic carbocycles. The summed E-state index contributed by atoms with van der Waals surface area (Å²) in [7, 11) is 1.60. The molecule has 0 aliphatic carbocycles. The molecule has 3 aromatic rings. The van der Waals surface area contributed by atoms with Gasteiger partial charge in [-0.05, 0) is 36.8 Å². The first-order valence-corrected chi connectivity index (χ1v) is 10.2. The van der Waals surface area contributed by atoms with Gasteiger partial charge < -0.3 is 14.2 Å². The van der Waals surface area contributed by atoms with Crippen molar-refractivity contribution in [3.8, 4) is 16.9 Å². The summed E-state index contributed by atoms with van der Waals surface area (Å²) >= 11 is 0. The topological polar surface area (TPSA) is 109 Å². The van der Waals surface area contributed by atoms with E-state index in [-0.39, 0.29) is 24.9 Å². The van der Waals surface area contributed by atoms with Crippen molar-refractivity contribution in [3.05, 3.63) is 52.9 Å². The Morgan fingerprint density at radius 1 is 1.12 bits per heavy atom. The van der Waals surface area contributed by atoms with E-state index in [0.29, 0.717) is 40.9 Å². The van der Waals surface area contributed by atoms with Crippen LogP contribution in [0.1, 0.15) is 20.3 Å². The lowest BCUT2D eigenvalue weighted by molar-refractivity contribution is -0.141. The maximum atomic E-state index is 13.1. The van der Waals surface area contributed by atoms with Gasteiger partial charge in [-0.3, -0.25) is 19.5 Å². The van der Waals surface area contributed by atoms with E-state index in [1.807, 2.05) is 12.1 Å². The molecule has 0 spiro atoms. The number of hydrogen-bond acceptors (Lipinski definition) is 7. The summed E-state index contributed by atoms with van der Waals surface area (Å²) in [6.45, 7) is 3.84. The van der Waals surface area contributed by atoms with E-state index in [1.54, 1.807) is 44.4 Å². The first kappa shape index (κ1) is 22.8. The largest absolute Gasteiger partial charge is 0.493 e. The van der Waals surface area contributed by atoms with Crippen LogP contribution in [-0.2, 0) is 21.3 Å². The molecule has 168 valence electrons. The molecule has 32 heavy (non-hydrogen) atoms. The van der Waals surface area contributed by atoms with Crippen molar-refractivity contribution < 1.29 is 23.8 Å². The number of carbonyl (C=O) groups is 2. The first-order chi connectivity index (χ1) is 15.4. The van der Waals surface area contributed by atoms with Gasteiger partial charge in [0.1, 0.15) is 17.1 Å². The number of carbonyl (C=O) groups excluding carboxylic acids is 2. The molecule has 1 amide bonds. The van der Waals surface area contributed by atoms with Gasteiger partial charge in [0.15, 0.2) is 0 Å². The van der Waals surface area contributed by atoms with Crippen molar-refractivity contribution in [1.82, 2.24) is 9.55 Å². The van der Waals surface area contributed by atoms with Crippen molar-refractivity contribution in [2.75, 3.05) is 25.1 Å². The van der Waals surface area contributed by atoms with Crippen LogP contribution in [0.2, 0.25) is 0 Å². The SMILES string of the molecule is CCOC(=O)Nc1c(-c2cccc(OCCCOC(C)=O)c2)c2cccnc2n(C)c1=O. The molecule has 0 fully saturated rings. The summed E-state index contributed by atoms with van der Waals surface area (Å²) in [5.41, 5.74) is 1.36. The van der Waals surface area contributed by atoms with Gasteiger partial charge in [0, 0.05) is 37.5 Å². The van der Waals surface area contributed by atoms with E-state index in [0.717, 1.165) is 0 Å². The second kappa shape index (κ2) is 10.4. The lowest BCUT2D eigenvalue weighted by Crippen LogP contribution is -2.26. The van der Waals surface area contributed by atoms with Gasteiger partial charge in [-0.15, -0.1) is 0 Å². The van der Waals surface area contributed by atoms with Crippen molar-refractivity contribution in [3.63, 3.8) is 0 Å². The van der Waals surface area contributed by atoms with Gasteiger partial charge in [0.2, 0.25) is 0 Å². The predicted octanol–water partition coefficient (Wildman–Crippen LogP) is 3.50. The van der Waals surface area contributed by atoms with Crippen LogP contribution >= 0.6 is 0 Å². The van der Waals surface area contributed by atoms with Gasteiger partial charge in [0.25, 0.3) is 5.56 Å². The Morgan fingerprint density at radius 3 is 2.69 bits per heavy atom. The van der Waals surface area contributed by atoms with E-state index in [4.69, 9.17) is 14.2 Å². The van der Waals surface area contributed by atoms with E-state index >= 15 is 0 Å². The molecule has 9 heteroatoms. The van der Waals surface area contributed by atoms with Crippen LogP contribution in [0.25, 0.3) is 22.2 Å². The summed E-state index contributed by atoms with van der Waals surface area (Å²) in [4.78, 5) is 40.4. The summed E-state index contributed by atoms with van der Waals surface area (Å²) in [5, 5.41) is 3.28. The van der Waals surface area contributed by atoms with Crippen molar-refractivity contribution in [2.45, 2.75) is 20.3 Å². The summed E-state index contributed by atoms with van der Waals surface area (Å²) in [6, 6.07) is 10.8. The molecule has 0 radical (unpaired) electrons. The third-order valence-electron chi connectivity index (χ3n) is 4.63. The second-order valence-corrected chi connectivity index (χ2v) is 6.90. The zero-order chi connectivity index (χ0) is 23.1. The summed E-state index contributed by atoms with van der Waals surface area (Å²) < 4.78 is 17.0. The molecule has 2 heterocycles. The predicted molar refractivity (Wildman–Crippen MR) is 120 cm³/mol. The van der Waals surface area contributed by atoms with E-state index in [2.05, 4.69) is 10.3 Å². The molecule has 0 saturated carbocycles. The number of nitrogens with zero attached hydrogens (tertiary/aromatic N) is 2. The highest BCUT2D eigenvalue weighted by atomic mass is 16.5. The minimum atomic E-state index is -0.716. The number of fused-ring (bicyclic) bond motifs is 1. The van der Waals surface area contributed by atoms with Crippen LogP contribution in [0.5, 0.6) is 5.75 Å². The summed E-state index contributed by atoms with van der Waals surface area (Å²) in [5.74, 6) is 0.241. The van der Waals surface area contributed by atoms with Gasteiger partial charge >= 0.3 is 12.1 Å². The lowest BCUT2D eigenvalue weighted by atomic mass is 10.00. The zero-order valence-electron chi connectivity index (χ0n) is 18.2. The van der Waals surface area contributed by atoms with Crippen LogP contribution in [-0.4, -0.2) is 41.4 Å². The van der Waals surface area contributed by atoms with Gasteiger partial charge in [-0.25, -0.2) is 9.78 Å². The van der Waals surface area contributed by atoms with Crippen LogP contribution in [0, 0.1) is 0 Å². The molecule has 0 aliphatic rings. The normalized spacial score (nSPS) is 10.6. The number of esters is 1. The lowest BCUT2D eigenvalue weighted by Gasteiger charge is -2.16. The average Bonchev–Trinajstić information content (AvgIpc) is 2.77. The Hall–Kier alpha value is -3.88. The number of rotatable bonds is 8. The number of amides is 1. The number of nitrogens with one attached hydrogen (secondary N) is 1. The molecule has 1 N–H and O–H groups in total. The van der Waals surface area contributed by atoms with Crippen molar-refractivity contribution in [2.24, 2.45) is 7.05 Å². The molecular weight excluding hydrogens is 414 g/mol. The van der Waals surface area contributed by atoms with Gasteiger partial charge in [-0.2, -0.15) is 0 Å². The van der Waals surface area contributed by atoms with Gasteiger partial charge in [0.05, 0.1) is 19.8 Å². The molecular formula is C23H25N3O6. The third-order valence-corrected chi connectivity index (χ3v) is 4.63. The fraction of sp³-hybridized carbons (Fsp3) is 0.304. The maximum absolute atomic E-state index is 13.1. The molecule has 0 aliphatic heterocycles. The Bertz CT molecular complexity index is 1190. The highest BCUT2D eigenvalue weighted by Crippen LogP contribution is 2.34. The van der Waals surface area contributed by atoms with Crippen LogP contribution in [0.4, 0.5) is 10.5 Å². The Morgan fingerprint density at radius 2 is 1.94 bits per heavy atom. The Balaban J connectivity index is 2.01. The zero-order valence-corrected chi connectivity index (χ0v) is 18.2. The standard InChI is InChI=1S/C23H25N3O6/c1-4-30-23(29)25-20-19(18-10-6-11-24-21(18)26(3)22(20)28)16-8-5-9-17(14-16)32-13-7-12-31-15(2)27/h5-6,8-11,14H,4,7,12-13H2,1-3H3,(H,25,29). The van der Waals surface area contributed by atoms with Gasteiger partial charge in [-0.1, -0.05) is 12.1 Å². The van der Waals surface area contributed by atoms with Crippen molar-refractivity contribution in [1.29, 1.82) is 0 Å². The number of anilines is 1. The number of benzene rings is 1. The monoisotopic (exact) mass is 439 g/mol. The highest BCUT2D eigenvalue weighted by Gasteiger charge is 2.20. The minimum absolute atomic E-state index is 0.0958. The van der Waals surface area contributed by atoms with Crippen LogP contribution < -0.4 is 15.6 Å². The van der Waals surface area contributed by atoms with Crippen LogP contribution in [0.15, 0.2) is 47.4 Å². The van der Waals surface area contributed by atoms with Crippen LogP contribution in [0.3, 0.4) is 0 Å². The van der Waals surface area contributed by atoms with E-state index in [1.165, 1.54) is 11.5 Å². The second-order valence-electron chi connectivity index (χ2n) is 6.90. The molecule has 2 aromatic heterocycles. The number of hydrogen-bond donors (Lipinski definition) is 1. The molecule has 0 saturated heterocycles. The van der Waals surface area contributed by atoms with Crippen molar-refractivity contribution >= 4 is 28.8 Å². The first-order valence-electron chi connectivity index (χ1n) is 10.2. The molecule has 0 bridgehead atoms. The minimum Gasteiger partial charge on any atom is -0.493 e. The smallest absolute Gasteiger partial charge is 0.411 e. The van der Waals surface area contributed by atoms with E-state index < -0.39 is 11.7 Å². The Kier molecular flexibility index (Phi) is 7.43. The average molecular weight is 439 g/mol. The van der Waals surface area contributed by atoms with E-state index in [9.17, 15) is 14.4 Å². The Labute approximate surface area is 184 Å². The number of aromatic nitrogens is 2. The highest BCUT2D eigenvalue weighted by molar-refractivity contribution is 6.03. The number of pyridine rings is 2. The fourth-order valence-corrected chi connectivity index (χ4v) is 3.26. The molecule has 0 atom stereocenters. The fourth-order valence-electron chi connectivity index (χ4n) is 3.26. The molecule has 0 unspecified atom stereocenters. The number of ether oxygens (including phenoxy) is 3. The summed E-state index contributed by atoms with van der Waals surface area (Å²) in [6.07, 6.45) is 1.43.